The van der Waals surface area contributed by atoms with Crippen molar-refractivity contribution in [3.05, 3.63) is 108 Å². The first-order valence-electron chi connectivity index (χ1n) is 9.72. The molecule has 0 aliphatic heterocycles. The van der Waals surface area contributed by atoms with Crippen molar-refractivity contribution in [3.8, 4) is 0 Å². The smallest absolute Gasteiger partial charge is 0.320 e. The molecule has 0 unspecified atom stereocenters. The molecule has 3 rings (SSSR count). The first-order valence-corrected chi connectivity index (χ1v) is 11.1. The first kappa shape index (κ1) is 23.0. The number of carbonyl (C=O) groups excluding carboxylic acids is 2. The van der Waals surface area contributed by atoms with Crippen LogP contribution in [0.1, 0.15) is 16.7 Å². The van der Waals surface area contributed by atoms with Crippen molar-refractivity contribution in [2.45, 2.75) is 15.2 Å². The molecule has 0 N–H and O–H groups in total. The number of methoxy groups -OCH3 is 2. The number of hydrogen-bond donors (Lipinski definition) is 1. The van der Waals surface area contributed by atoms with Crippen molar-refractivity contribution in [3.63, 3.8) is 0 Å². The quantitative estimate of drug-likeness (QED) is 0.304. The highest BCUT2D eigenvalue weighted by Gasteiger charge is 2.45. The topological polar surface area (TPSA) is 52.6 Å². The molecule has 0 heterocycles. The molecule has 31 heavy (non-hydrogen) atoms. The standard InChI is InChI=1S/C25H24O4S2/c1-28-23(26)21(30)22(24(27)29-2)31-25(18-12-6-3-7-13-18,19-14-8-4-9-15-19)20-16-10-5-11-17-20/h3-17,21-22,30H,1-2H3/t21-,22+/m1/s1. The summed E-state index contributed by atoms with van der Waals surface area (Å²) in [7, 11) is 2.59. The minimum absolute atomic E-state index is 0.539. The second-order valence-corrected chi connectivity index (χ2v) is 8.72. The molecule has 0 aliphatic carbocycles. The van der Waals surface area contributed by atoms with Gasteiger partial charge in [-0.1, -0.05) is 91.0 Å². The molecular formula is C25H24O4S2. The van der Waals surface area contributed by atoms with Crippen molar-refractivity contribution >= 4 is 36.3 Å². The van der Waals surface area contributed by atoms with E-state index in [-0.39, 0.29) is 0 Å². The first-order chi connectivity index (χ1) is 15.0. The van der Waals surface area contributed by atoms with E-state index >= 15 is 0 Å². The van der Waals surface area contributed by atoms with Crippen LogP contribution >= 0.6 is 24.4 Å². The largest absolute Gasteiger partial charge is 0.468 e. The molecule has 0 saturated heterocycles. The molecule has 3 aromatic rings. The lowest BCUT2D eigenvalue weighted by Crippen LogP contribution is -2.40. The van der Waals surface area contributed by atoms with Crippen LogP contribution in [0.5, 0.6) is 0 Å². The Morgan fingerprint density at radius 2 is 1.06 bits per heavy atom. The van der Waals surface area contributed by atoms with Crippen molar-refractivity contribution in [2.75, 3.05) is 14.2 Å². The van der Waals surface area contributed by atoms with E-state index in [4.69, 9.17) is 9.47 Å². The summed E-state index contributed by atoms with van der Waals surface area (Å²) in [4.78, 5) is 25.2. The molecule has 0 spiro atoms. The zero-order valence-electron chi connectivity index (χ0n) is 17.3. The minimum Gasteiger partial charge on any atom is -0.468 e. The van der Waals surface area contributed by atoms with Gasteiger partial charge in [-0.2, -0.15) is 12.6 Å². The highest BCUT2D eigenvalue weighted by atomic mass is 32.2. The molecule has 0 fully saturated rings. The molecule has 0 saturated carbocycles. The summed E-state index contributed by atoms with van der Waals surface area (Å²) in [5.74, 6) is -1.13. The lowest BCUT2D eigenvalue weighted by atomic mass is 9.84. The number of esters is 2. The van der Waals surface area contributed by atoms with Crippen molar-refractivity contribution < 1.29 is 19.1 Å². The van der Waals surface area contributed by atoms with E-state index in [1.807, 2.05) is 91.0 Å². The van der Waals surface area contributed by atoms with Gasteiger partial charge >= 0.3 is 11.9 Å². The molecule has 0 amide bonds. The van der Waals surface area contributed by atoms with E-state index in [1.165, 1.54) is 26.0 Å². The zero-order valence-corrected chi connectivity index (χ0v) is 19.0. The van der Waals surface area contributed by atoms with Crippen LogP contribution < -0.4 is 0 Å². The molecule has 0 aliphatic rings. The van der Waals surface area contributed by atoms with E-state index in [9.17, 15) is 9.59 Å². The van der Waals surface area contributed by atoms with E-state index in [2.05, 4.69) is 12.6 Å². The van der Waals surface area contributed by atoms with Crippen molar-refractivity contribution in [1.82, 2.24) is 0 Å². The molecule has 0 aromatic heterocycles. The number of thioether (sulfide) groups is 1. The maximum Gasteiger partial charge on any atom is 0.320 e. The van der Waals surface area contributed by atoms with Gasteiger partial charge in [0.25, 0.3) is 0 Å². The molecule has 0 radical (unpaired) electrons. The molecule has 3 aromatic carbocycles. The van der Waals surface area contributed by atoms with Gasteiger partial charge in [0, 0.05) is 0 Å². The maximum absolute atomic E-state index is 12.8. The number of hydrogen-bond acceptors (Lipinski definition) is 6. The van der Waals surface area contributed by atoms with Gasteiger partial charge in [0.2, 0.25) is 0 Å². The SMILES string of the molecule is COC(=O)[C@@H](SC(c1ccccc1)(c1ccccc1)c1ccccc1)[C@@H](S)C(=O)OC. The molecule has 4 nitrogen and oxygen atoms in total. The van der Waals surface area contributed by atoms with Gasteiger partial charge in [-0.05, 0) is 16.7 Å². The summed E-state index contributed by atoms with van der Waals surface area (Å²) in [5, 5.41) is -1.92. The van der Waals surface area contributed by atoms with Gasteiger partial charge in [0.15, 0.2) is 0 Å². The number of carbonyl (C=O) groups is 2. The van der Waals surface area contributed by atoms with Gasteiger partial charge in [-0.3, -0.25) is 9.59 Å². The van der Waals surface area contributed by atoms with Crippen molar-refractivity contribution in [2.24, 2.45) is 0 Å². The lowest BCUT2D eigenvalue weighted by Gasteiger charge is -2.38. The number of rotatable bonds is 8. The fourth-order valence-corrected chi connectivity index (χ4v) is 5.55. The lowest BCUT2D eigenvalue weighted by molar-refractivity contribution is -0.145. The van der Waals surface area contributed by atoms with Crippen molar-refractivity contribution in [1.29, 1.82) is 0 Å². The van der Waals surface area contributed by atoms with E-state index in [1.54, 1.807) is 0 Å². The average Bonchev–Trinajstić information content (AvgIpc) is 2.85. The molecule has 160 valence electrons. The molecule has 6 heteroatoms. The van der Waals surface area contributed by atoms with E-state index in [0.717, 1.165) is 16.7 Å². The van der Waals surface area contributed by atoms with Crippen LogP contribution in [0.15, 0.2) is 91.0 Å². The average molecular weight is 453 g/mol. The molecular weight excluding hydrogens is 428 g/mol. The Bertz CT molecular complexity index is 897. The Morgan fingerprint density at radius 3 is 1.39 bits per heavy atom. The summed E-state index contributed by atoms with van der Waals surface area (Å²) >= 11 is 5.78. The summed E-state index contributed by atoms with van der Waals surface area (Å²) in [6.45, 7) is 0. The third-order valence-corrected chi connectivity index (χ3v) is 7.50. The van der Waals surface area contributed by atoms with Crippen LogP contribution in [0, 0.1) is 0 Å². The van der Waals surface area contributed by atoms with Gasteiger partial charge < -0.3 is 9.47 Å². The van der Waals surface area contributed by atoms with Crippen LogP contribution in [0.2, 0.25) is 0 Å². The third kappa shape index (κ3) is 4.81. The maximum atomic E-state index is 12.8. The molecule has 0 bridgehead atoms. The third-order valence-electron chi connectivity index (χ3n) is 5.01. The second kappa shape index (κ2) is 10.6. The second-order valence-electron chi connectivity index (χ2n) is 6.81. The molecule has 2 atom stereocenters. The van der Waals surface area contributed by atoms with Crippen LogP contribution in [0.3, 0.4) is 0 Å². The Balaban J connectivity index is 2.29. The Labute approximate surface area is 192 Å². The van der Waals surface area contributed by atoms with Crippen LogP contribution in [-0.2, 0) is 23.8 Å². The van der Waals surface area contributed by atoms with Crippen LogP contribution in [-0.4, -0.2) is 36.7 Å². The van der Waals surface area contributed by atoms with Gasteiger partial charge in [0.1, 0.15) is 10.5 Å². The Hall–Kier alpha value is -2.70. The van der Waals surface area contributed by atoms with Gasteiger partial charge in [-0.25, -0.2) is 0 Å². The summed E-state index contributed by atoms with van der Waals surface area (Å²) in [5.41, 5.74) is 2.91. The fraction of sp³-hybridized carbons (Fsp3) is 0.200. The monoisotopic (exact) mass is 452 g/mol. The Kier molecular flexibility index (Phi) is 7.82. The normalized spacial score (nSPS) is 13.1. The predicted octanol–water partition coefficient (Wildman–Crippen LogP) is 4.72. The van der Waals surface area contributed by atoms with E-state index in [0.29, 0.717) is 0 Å². The van der Waals surface area contributed by atoms with Crippen LogP contribution in [0.4, 0.5) is 0 Å². The number of benzene rings is 3. The highest BCUT2D eigenvalue weighted by molar-refractivity contribution is 8.02. The summed E-state index contributed by atoms with van der Waals surface area (Å²) in [6.07, 6.45) is 0. The van der Waals surface area contributed by atoms with Crippen LogP contribution in [0.25, 0.3) is 0 Å². The number of thiol groups is 1. The zero-order chi connectivity index (χ0) is 22.3. The van der Waals surface area contributed by atoms with E-state index < -0.39 is 27.2 Å². The Morgan fingerprint density at radius 1 is 0.710 bits per heavy atom. The predicted molar refractivity (Wildman–Crippen MR) is 127 cm³/mol. The summed E-state index contributed by atoms with van der Waals surface area (Å²) in [6, 6.07) is 29.7. The minimum atomic E-state index is -1.00. The summed E-state index contributed by atoms with van der Waals surface area (Å²) < 4.78 is 9.15. The fourth-order valence-electron chi connectivity index (χ4n) is 3.52. The van der Waals surface area contributed by atoms with Gasteiger partial charge in [-0.15, -0.1) is 11.8 Å². The highest BCUT2D eigenvalue weighted by Crippen LogP contribution is 2.51. The van der Waals surface area contributed by atoms with Gasteiger partial charge in [0.05, 0.1) is 19.0 Å². The number of ether oxygens (including phenoxy) is 2.